The van der Waals surface area contributed by atoms with E-state index >= 15 is 0 Å². The number of ether oxygens (including phenoxy) is 2. The van der Waals surface area contributed by atoms with E-state index in [9.17, 15) is 14.7 Å². The summed E-state index contributed by atoms with van der Waals surface area (Å²) in [6, 6.07) is 13.8. The summed E-state index contributed by atoms with van der Waals surface area (Å²) in [5, 5.41) is 14.4. The van der Waals surface area contributed by atoms with Crippen molar-refractivity contribution < 1.29 is 24.2 Å². The second kappa shape index (κ2) is 8.58. The standard InChI is InChI=1S/C21H19NO5S/c1-3-27-16-10-4-13(5-11-16)17-12-28-20(18(17)21(24)25)22-19(23)14-6-8-15(26-2)9-7-14/h4-12H,3H2,1-2H3,(H,22,23)(H,24,25). The number of carbonyl (C=O) groups is 2. The molecular weight excluding hydrogens is 378 g/mol. The molecule has 7 heteroatoms. The van der Waals surface area contributed by atoms with Gasteiger partial charge in [0.05, 0.1) is 13.7 Å². The molecule has 0 spiro atoms. The molecule has 0 aliphatic heterocycles. The van der Waals surface area contributed by atoms with Gasteiger partial charge in [0.25, 0.3) is 5.91 Å². The van der Waals surface area contributed by atoms with E-state index in [0.717, 1.165) is 5.56 Å². The van der Waals surface area contributed by atoms with Gasteiger partial charge in [0, 0.05) is 16.5 Å². The highest BCUT2D eigenvalue weighted by Crippen LogP contribution is 2.36. The van der Waals surface area contributed by atoms with Gasteiger partial charge in [0.15, 0.2) is 0 Å². The molecule has 0 bridgehead atoms. The molecule has 2 N–H and O–H groups in total. The van der Waals surface area contributed by atoms with Crippen LogP contribution in [0.4, 0.5) is 5.00 Å². The number of amides is 1. The number of anilines is 1. The second-order valence-corrected chi connectivity index (χ2v) is 6.68. The maximum absolute atomic E-state index is 12.5. The van der Waals surface area contributed by atoms with Crippen LogP contribution in [0.15, 0.2) is 53.9 Å². The quantitative estimate of drug-likeness (QED) is 0.600. The zero-order valence-electron chi connectivity index (χ0n) is 15.4. The molecule has 6 nitrogen and oxygen atoms in total. The summed E-state index contributed by atoms with van der Waals surface area (Å²) in [5.74, 6) is -0.136. The Kier molecular flexibility index (Phi) is 5.96. The predicted molar refractivity (Wildman–Crippen MR) is 109 cm³/mol. The number of aromatic carboxylic acids is 1. The minimum atomic E-state index is -1.10. The van der Waals surface area contributed by atoms with E-state index in [1.807, 2.05) is 6.92 Å². The summed E-state index contributed by atoms with van der Waals surface area (Å²) >= 11 is 1.18. The summed E-state index contributed by atoms with van der Waals surface area (Å²) in [4.78, 5) is 24.4. The first-order chi connectivity index (χ1) is 13.5. The Hall–Kier alpha value is -3.32. The Morgan fingerprint density at radius 2 is 1.68 bits per heavy atom. The molecule has 0 aliphatic rings. The van der Waals surface area contributed by atoms with Crippen molar-refractivity contribution in [2.75, 3.05) is 19.0 Å². The third-order valence-electron chi connectivity index (χ3n) is 4.06. The average Bonchev–Trinajstić information content (AvgIpc) is 3.12. The molecule has 0 fully saturated rings. The van der Waals surface area contributed by atoms with Crippen molar-refractivity contribution >= 4 is 28.2 Å². The number of carboxylic acid groups (broad SMARTS) is 1. The second-order valence-electron chi connectivity index (χ2n) is 5.80. The van der Waals surface area contributed by atoms with Crippen LogP contribution in [0.2, 0.25) is 0 Å². The van der Waals surface area contributed by atoms with Crippen LogP contribution in [0.3, 0.4) is 0 Å². The topological polar surface area (TPSA) is 84.9 Å². The number of rotatable bonds is 7. The monoisotopic (exact) mass is 397 g/mol. The fourth-order valence-electron chi connectivity index (χ4n) is 2.69. The highest BCUT2D eigenvalue weighted by molar-refractivity contribution is 7.15. The summed E-state index contributed by atoms with van der Waals surface area (Å²) in [6.07, 6.45) is 0. The Morgan fingerprint density at radius 3 is 2.25 bits per heavy atom. The molecule has 0 saturated heterocycles. The van der Waals surface area contributed by atoms with Gasteiger partial charge in [0.2, 0.25) is 0 Å². The fraction of sp³-hybridized carbons (Fsp3) is 0.143. The molecule has 144 valence electrons. The van der Waals surface area contributed by atoms with Crippen molar-refractivity contribution in [2.45, 2.75) is 6.92 Å². The summed E-state index contributed by atoms with van der Waals surface area (Å²) in [7, 11) is 1.54. The van der Waals surface area contributed by atoms with Gasteiger partial charge in [-0.15, -0.1) is 11.3 Å². The normalized spacial score (nSPS) is 10.4. The van der Waals surface area contributed by atoms with Crippen molar-refractivity contribution in [1.29, 1.82) is 0 Å². The number of carboxylic acids is 1. The van der Waals surface area contributed by atoms with E-state index in [4.69, 9.17) is 9.47 Å². The van der Waals surface area contributed by atoms with Gasteiger partial charge < -0.3 is 19.9 Å². The molecule has 0 unspecified atom stereocenters. The minimum Gasteiger partial charge on any atom is -0.497 e. The third kappa shape index (κ3) is 4.15. The minimum absolute atomic E-state index is 0.0658. The lowest BCUT2D eigenvalue weighted by Crippen LogP contribution is -2.13. The van der Waals surface area contributed by atoms with E-state index in [0.29, 0.717) is 29.2 Å². The van der Waals surface area contributed by atoms with Crippen molar-refractivity contribution in [3.8, 4) is 22.6 Å². The lowest BCUT2D eigenvalue weighted by Gasteiger charge is -2.08. The van der Waals surface area contributed by atoms with E-state index < -0.39 is 5.97 Å². The zero-order valence-corrected chi connectivity index (χ0v) is 16.2. The van der Waals surface area contributed by atoms with Gasteiger partial charge >= 0.3 is 5.97 Å². The van der Waals surface area contributed by atoms with Crippen LogP contribution in [-0.4, -0.2) is 30.7 Å². The highest BCUT2D eigenvalue weighted by Gasteiger charge is 2.21. The first-order valence-electron chi connectivity index (χ1n) is 8.57. The lowest BCUT2D eigenvalue weighted by molar-refractivity contribution is 0.0699. The third-order valence-corrected chi connectivity index (χ3v) is 4.96. The van der Waals surface area contributed by atoms with Crippen LogP contribution in [0.5, 0.6) is 11.5 Å². The van der Waals surface area contributed by atoms with Gasteiger partial charge in [-0.3, -0.25) is 4.79 Å². The van der Waals surface area contributed by atoms with Crippen LogP contribution >= 0.6 is 11.3 Å². The van der Waals surface area contributed by atoms with E-state index in [-0.39, 0.29) is 16.5 Å². The van der Waals surface area contributed by atoms with Crippen molar-refractivity contribution in [2.24, 2.45) is 0 Å². The number of hydrogen-bond acceptors (Lipinski definition) is 5. The fourth-order valence-corrected chi connectivity index (χ4v) is 3.65. The maximum Gasteiger partial charge on any atom is 0.339 e. The first kappa shape index (κ1) is 19.4. The SMILES string of the molecule is CCOc1ccc(-c2csc(NC(=O)c3ccc(OC)cc3)c2C(=O)O)cc1. The maximum atomic E-state index is 12.5. The number of nitrogens with one attached hydrogen (secondary N) is 1. The Balaban J connectivity index is 1.87. The number of carbonyl (C=O) groups excluding carboxylic acids is 1. The molecule has 0 radical (unpaired) electrons. The van der Waals surface area contributed by atoms with Crippen LogP contribution in [0.25, 0.3) is 11.1 Å². The molecule has 3 aromatic rings. The predicted octanol–water partition coefficient (Wildman–Crippen LogP) is 4.77. The number of methoxy groups -OCH3 is 1. The van der Waals surface area contributed by atoms with Gasteiger partial charge in [-0.05, 0) is 48.9 Å². The number of thiophene rings is 1. The van der Waals surface area contributed by atoms with Crippen LogP contribution < -0.4 is 14.8 Å². The number of hydrogen-bond donors (Lipinski definition) is 2. The van der Waals surface area contributed by atoms with E-state index in [2.05, 4.69) is 5.32 Å². The summed E-state index contributed by atoms with van der Waals surface area (Å²) in [5.41, 5.74) is 1.76. The highest BCUT2D eigenvalue weighted by atomic mass is 32.1. The van der Waals surface area contributed by atoms with Crippen molar-refractivity contribution in [1.82, 2.24) is 0 Å². The molecule has 0 saturated carbocycles. The molecule has 28 heavy (non-hydrogen) atoms. The molecule has 2 aromatic carbocycles. The molecule has 0 aliphatic carbocycles. The first-order valence-corrected chi connectivity index (χ1v) is 9.45. The van der Waals surface area contributed by atoms with Crippen LogP contribution in [0, 0.1) is 0 Å². The summed E-state index contributed by atoms with van der Waals surface area (Å²) < 4.78 is 10.5. The van der Waals surface area contributed by atoms with E-state index in [1.165, 1.54) is 11.3 Å². The Morgan fingerprint density at radius 1 is 1.04 bits per heavy atom. The molecular formula is C21H19NO5S. The molecule has 1 aromatic heterocycles. The average molecular weight is 397 g/mol. The zero-order chi connectivity index (χ0) is 20.1. The van der Waals surface area contributed by atoms with Gasteiger partial charge in [0.1, 0.15) is 22.1 Å². The molecule has 0 atom stereocenters. The molecule has 1 amide bonds. The Labute approximate surface area is 166 Å². The largest absolute Gasteiger partial charge is 0.497 e. The van der Waals surface area contributed by atoms with Gasteiger partial charge in [-0.1, -0.05) is 12.1 Å². The Bertz CT molecular complexity index is 977. The van der Waals surface area contributed by atoms with Gasteiger partial charge in [-0.2, -0.15) is 0 Å². The van der Waals surface area contributed by atoms with Crippen LogP contribution in [-0.2, 0) is 0 Å². The number of benzene rings is 2. The van der Waals surface area contributed by atoms with Gasteiger partial charge in [-0.25, -0.2) is 4.79 Å². The van der Waals surface area contributed by atoms with Crippen LogP contribution in [0.1, 0.15) is 27.6 Å². The van der Waals surface area contributed by atoms with Crippen molar-refractivity contribution in [3.05, 3.63) is 65.0 Å². The van der Waals surface area contributed by atoms with Crippen molar-refractivity contribution in [3.63, 3.8) is 0 Å². The molecule has 1 heterocycles. The summed E-state index contributed by atoms with van der Waals surface area (Å²) in [6.45, 7) is 2.45. The molecule has 3 rings (SSSR count). The van der Waals surface area contributed by atoms with E-state index in [1.54, 1.807) is 61.0 Å². The lowest BCUT2D eigenvalue weighted by atomic mass is 10.0. The smallest absolute Gasteiger partial charge is 0.339 e.